The van der Waals surface area contributed by atoms with Crippen LogP contribution in [0.1, 0.15) is 18.9 Å². The summed E-state index contributed by atoms with van der Waals surface area (Å²) in [4.78, 5) is 12.8. The second-order valence-electron chi connectivity index (χ2n) is 4.90. The van der Waals surface area contributed by atoms with Gasteiger partial charge in [0.15, 0.2) is 0 Å². The molecule has 1 heterocycles. The summed E-state index contributed by atoms with van der Waals surface area (Å²) in [5.41, 5.74) is 4.74. The third kappa shape index (κ3) is 3.15. The number of hydrogen-bond donors (Lipinski definition) is 2. The average molecular weight is 287 g/mol. The Kier molecular flexibility index (Phi) is 3.78. The van der Waals surface area contributed by atoms with Crippen LogP contribution in [0.2, 0.25) is 0 Å². The van der Waals surface area contributed by atoms with E-state index in [2.05, 4.69) is 5.32 Å². The van der Waals surface area contributed by atoms with Gasteiger partial charge in [-0.2, -0.15) is 13.2 Å². The first-order valence-electron chi connectivity index (χ1n) is 6.26. The summed E-state index contributed by atoms with van der Waals surface area (Å²) < 4.78 is 38.4. The van der Waals surface area contributed by atoms with Crippen LogP contribution in [0.25, 0.3) is 0 Å². The van der Waals surface area contributed by atoms with E-state index in [1.54, 1.807) is 6.07 Å². The van der Waals surface area contributed by atoms with E-state index in [1.807, 2.05) is 4.90 Å². The van der Waals surface area contributed by atoms with Crippen molar-refractivity contribution in [3.63, 3.8) is 0 Å². The Morgan fingerprint density at radius 3 is 2.75 bits per heavy atom. The van der Waals surface area contributed by atoms with E-state index in [0.717, 1.165) is 6.07 Å². The molecule has 0 saturated carbocycles. The van der Waals surface area contributed by atoms with E-state index >= 15 is 0 Å². The molecule has 3 N–H and O–H groups in total. The number of halogens is 3. The topological polar surface area (TPSA) is 58.4 Å². The molecule has 1 unspecified atom stereocenters. The molecule has 1 aromatic carbocycles. The summed E-state index contributed by atoms with van der Waals surface area (Å²) in [5.74, 6) is -0.134. The molecule has 1 aliphatic rings. The normalized spacial score (nSPS) is 19.2. The first-order chi connectivity index (χ1) is 9.27. The Hall–Kier alpha value is -1.92. The highest BCUT2D eigenvalue weighted by Crippen LogP contribution is 2.36. The predicted octanol–water partition coefficient (Wildman–Crippen LogP) is 2.00. The summed E-state index contributed by atoms with van der Waals surface area (Å²) in [6.45, 7) is 2.53. The number of amides is 1. The van der Waals surface area contributed by atoms with Crippen LogP contribution in [0.3, 0.4) is 0 Å². The minimum absolute atomic E-state index is 0.0283. The van der Waals surface area contributed by atoms with Crippen LogP contribution in [-0.4, -0.2) is 25.0 Å². The Labute approximate surface area is 114 Å². The monoisotopic (exact) mass is 287 g/mol. The number of nitrogens with two attached hydrogens (primary N) is 1. The first kappa shape index (κ1) is 14.5. The third-order valence-electron chi connectivity index (χ3n) is 3.30. The summed E-state index contributed by atoms with van der Waals surface area (Å²) in [7, 11) is 0. The van der Waals surface area contributed by atoms with E-state index in [1.165, 1.54) is 13.0 Å². The van der Waals surface area contributed by atoms with Crippen molar-refractivity contribution in [2.75, 3.05) is 23.7 Å². The Morgan fingerprint density at radius 2 is 2.15 bits per heavy atom. The van der Waals surface area contributed by atoms with E-state index in [4.69, 9.17) is 5.73 Å². The summed E-state index contributed by atoms with van der Waals surface area (Å²) in [6, 6.07) is 3.87. The smallest absolute Gasteiger partial charge is 0.398 e. The lowest BCUT2D eigenvalue weighted by Crippen LogP contribution is -2.35. The van der Waals surface area contributed by atoms with Crippen LogP contribution < -0.4 is 16.0 Å². The van der Waals surface area contributed by atoms with Crippen LogP contribution >= 0.6 is 0 Å². The SMILES string of the molecule is CC(=O)NC1CCN(c2ccc(N)c(C(F)(F)F)c2)C1. The van der Waals surface area contributed by atoms with Crippen molar-refractivity contribution >= 4 is 17.3 Å². The van der Waals surface area contributed by atoms with Gasteiger partial charge in [0.05, 0.1) is 5.56 Å². The molecule has 0 aliphatic carbocycles. The van der Waals surface area contributed by atoms with Gasteiger partial charge in [-0.3, -0.25) is 4.79 Å². The molecule has 0 spiro atoms. The number of nitrogens with zero attached hydrogens (tertiary/aromatic N) is 1. The lowest BCUT2D eigenvalue weighted by atomic mass is 10.1. The number of nitrogens with one attached hydrogen (secondary N) is 1. The number of benzene rings is 1. The zero-order valence-electron chi connectivity index (χ0n) is 11.0. The number of carbonyl (C=O) groups is 1. The third-order valence-corrected chi connectivity index (χ3v) is 3.30. The highest BCUT2D eigenvalue weighted by molar-refractivity contribution is 5.73. The van der Waals surface area contributed by atoms with Gasteiger partial charge in [-0.25, -0.2) is 0 Å². The fourth-order valence-electron chi connectivity index (χ4n) is 2.39. The van der Waals surface area contributed by atoms with Crippen molar-refractivity contribution in [1.82, 2.24) is 5.32 Å². The zero-order chi connectivity index (χ0) is 14.9. The molecule has 7 heteroatoms. The van der Waals surface area contributed by atoms with Crippen molar-refractivity contribution in [3.05, 3.63) is 23.8 Å². The predicted molar refractivity (Wildman–Crippen MR) is 70.3 cm³/mol. The van der Waals surface area contributed by atoms with E-state index < -0.39 is 11.7 Å². The maximum absolute atomic E-state index is 12.8. The van der Waals surface area contributed by atoms with Crippen molar-refractivity contribution in [2.24, 2.45) is 0 Å². The fraction of sp³-hybridized carbons (Fsp3) is 0.462. The van der Waals surface area contributed by atoms with Crippen LogP contribution in [0.15, 0.2) is 18.2 Å². The van der Waals surface area contributed by atoms with Gasteiger partial charge in [0, 0.05) is 37.4 Å². The molecule has 4 nitrogen and oxygen atoms in total. The standard InChI is InChI=1S/C13H16F3N3O/c1-8(20)18-9-4-5-19(7-9)10-2-3-12(17)11(6-10)13(14,15)16/h2-3,6,9H,4-5,7,17H2,1H3,(H,18,20). The number of hydrogen-bond acceptors (Lipinski definition) is 3. The maximum atomic E-state index is 12.8. The van der Waals surface area contributed by atoms with Crippen molar-refractivity contribution in [2.45, 2.75) is 25.6 Å². The molecule has 20 heavy (non-hydrogen) atoms. The molecule has 1 fully saturated rings. The lowest BCUT2D eigenvalue weighted by Gasteiger charge is -2.21. The van der Waals surface area contributed by atoms with Gasteiger partial charge in [-0.15, -0.1) is 0 Å². The van der Waals surface area contributed by atoms with Gasteiger partial charge in [0.2, 0.25) is 5.91 Å². The van der Waals surface area contributed by atoms with Crippen LogP contribution in [0.5, 0.6) is 0 Å². The van der Waals surface area contributed by atoms with Gasteiger partial charge in [0.1, 0.15) is 0 Å². The molecule has 1 aromatic rings. The molecular formula is C13H16F3N3O. The largest absolute Gasteiger partial charge is 0.418 e. The number of anilines is 2. The molecular weight excluding hydrogens is 271 g/mol. The highest BCUT2D eigenvalue weighted by atomic mass is 19.4. The fourth-order valence-corrected chi connectivity index (χ4v) is 2.39. The number of rotatable bonds is 2. The van der Waals surface area contributed by atoms with Gasteiger partial charge in [-0.05, 0) is 24.6 Å². The number of alkyl halides is 3. The van der Waals surface area contributed by atoms with E-state index in [9.17, 15) is 18.0 Å². The number of carbonyl (C=O) groups excluding carboxylic acids is 1. The lowest BCUT2D eigenvalue weighted by molar-refractivity contribution is -0.136. The van der Waals surface area contributed by atoms with Crippen LogP contribution in [0, 0.1) is 0 Å². The molecule has 0 bridgehead atoms. The molecule has 1 amide bonds. The minimum atomic E-state index is -4.46. The molecule has 1 saturated heterocycles. The maximum Gasteiger partial charge on any atom is 0.418 e. The molecule has 110 valence electrons. The quantitative estimate of drug-likeness (QED) is 0.818. The molecule has 1 aliphatic heterocycles. The summed E-state index contributed by atoms with van der Waals surface area (Å²) >= 11 is 0. The Bertz CT molecular complexity index is 516. The minimum Gasteiger partial charge on any atom is -0.398 e. The Morgan fingerprint density at radius 1 is 1.45 bits per heavy atom. The highest BCUT2D eigenvalue weighted by Gasteiger charge is 2.34. The molecule has 2 rings (SSSR count). The Balaban J connectivity index is 2.17. The second kappa shape index (κ2) is 5.22. The number of nitrogen functional groups attached to an aromatic ring is 1. The van der Waals surface area contributed by atoms with Crippen molar-refractivity contribution in [1.29, 1.82) is 0 Å². The summed E-state index contributed by atoms with van der Waals surface area (Å²) in [6.07, 6.45) is -3.75. The zero-order valence-corrected chi connectivity index (χ0v) is 11.0. The van der Waals surface area contributed by atoms with Gasteiger partial charge in [0.25, 0.3) is 0 Å². The van der Waals surface area contributed by atoms with Crippen molar-refractivity contribution in [3.8, 4) is 0 Å². The van der Waals surface area contributed by atoms with E-state index in [0.29, 0.717) is 25.2 Å². The van der Waals surface area contributed by atoms with Gasteiger partial charge in [-0.1, -0.05) is 0 Å². The van der Waals surface area contributed by atoms with Gasteiger partial charge >= 0.3 is 6.18 Å². The van der Waals surface area contributed by atoms with Gasteiger partial charge < -0.3 is 16.0 Å². The molecule has 1 atom stereocenters. The molecule has 0 radical (unpaired) electrons. The van der Waals surface area contributed by atoms with E-state index in [-0.39, 0.29) is 17.6 Å². The van der Waals surface area contributed by atoms with Crippen LogP contribution in [0.4, 0.5) is 24.5 Å². The summed E-state index contributed by atoms with van der Waals surface area (Å²) in [5, 5.41) is 2.77. The second-order valence-corrected chi connectivity index (χ2v) is 4.90. The first-order valence-corrected chi connectivity index (χ1v) is 6.26. The van der Waals surface area contributed by atoms with Crippen LogP contribution in [-0.2, 0) is 11.0 Å². The average Bonchev–Trinajstić information content (AvgIpc) is 2.75. The van der Waals surface area contributed by atoms with Crippen molar-refractivity contribution < 1.29 is 18.0 Å². The molecule has 0 aromatic heterocycles.